The molecule has 164 valence electrons. The van der Waals surface area contributed by atoms with Gasteiger partial charge in [-0.1, -0.05) is 18.2 Å². The van der Waals surface area contributed by atoms with Gasteiger partial charge >= 0.3 is 0 Å². The molecule has 8 heteroatoms. The molecule has 1 aromatic heterocycles. The third kappa shape index (κ3) is 8.70. The molecule has 0 atom stereocenters. The summed E-state index contributed by atoms with van der Waals surface area (Å²) in [6, 6.07) is 10.3. The van der Waals surface area contributed by atoms with Crippen LogP contribution in [0.5, 0.6) is 11.5 Å². The Morgan fingerprint density at radius 3 is 2.66 bits per heavy atom. The molecule has 1 N–H and O–H groups in total. The van der Waals surface area contributed by atoms with Gasteiger partial charge in [0.15, 0.2) is 11.5 Å². The van der Waals surface area contributed by atoms with Gasteiger partial charge in [-0.15, -0.1) is 11.3 Å². The van der Waals surface area contributed by atoms with E-state index in [4.69, 9.17) is 14.2 Å². The van der Waals surface area contributed by atoms with Crippen molar-refractivity contribution in [2.24, 2.45) is 0 Å². The van der Waals surface area contributed by atoms with E-state index < -0.39 is 0 Å². The van der Waals surface area contributed by atoms with Crippen molar-refractivity contribution in [1.82, 2.24) is 10.2 Å². The molecule has 1 fully saturated rings. The van der Waals surface area contributed by atoms with Gasteiger partial charge in [0.05, 0.1) is 19.8 Å². The van der Waals surface area contributed by atoms with Crippen LogP contribution in [0, 0.1) is 0 Å². The molecule has 0 amide bonds. The van der Waals surface area contributed by atoms with Crippen molar-refractivity contribution < 1.29 is 39.0 Å². The summed E-state index contributed by atoms with van der Waals surface area (Å²) in [6.45, 7) is 9.93. The standard InChI is InChI=1S/C21H30N2O3S.2ClH/c1-2-25-20-8-3-6-18(21(20)26-17-19-7-4-15-27-19)16-22-9-5-10-23-11-13-24-14-12-23;;/h3-4,6-8,15,22H,2,5,9-14,16-17H2,1H3;2*1H/p-2. The van der Waals surface area contributed by atoms with Gasteiger partial charge in [0.1, 0.15) is 6.61 Å². The first-order valence-corrected chi connectivity index (χ1v) is 10.7. The molecule has 0 radical (unpaired) electrons. The van der Waals surface area contributed by atoms with Gasteiger partial charge in [-0.05, 0) is 43.9 Å². The van der Waals surface area contributed by atoms with Gasteiger partial charge in [0, 0.05) is 30.1 Å². The largest absolute Gasteiger partial charge is 1.00 e. The summed E-state index contributed by atoms with van der Waals surface area (Å²) in [5.74, 6) is 1.68. The summed E-state index contributed by atoms with van der Waals surface area (Å²) in [7, 11) is 0. The summed E-state index contributed by atoms with van der Waals surface area (Å²) in [6.07, 6.45) is 1.14. The van der Waals surface area contributed by atoms with E-state index in [-0.39, 0.29) is 24.8 Å². The predicted molar refractivity (Wildman–Crippen MR) is 110 cm³/mol. The highest BCUT2D eigenvalue weighted by Gasteiger charge is 2.12. The first-order chi connectivity index (χ1) is 13.4. The number of ether oxygens (including phenoxy) is 3. The second kappa shape index (κ2) is 14.9. The lowest BCUT2D eigenvalue weighted by Gasteiger charge is -2.26. The highest BCUT2D eigenvalue weighted by atomic mass is 35.5. The molecular weight excluding hydrogens is 431 g/mol. The zero-order chi connectivity index (χ0) is 18.7. The van der Waals surface area contributed by atoms with E-state index in [2.05, 4.69) is 33.8 Å². The van der Waals surface area contributed by atoms with Crippen LogP contribution in [0.25, 0.3) is 0 Å². The molecule has 0 saturated carbocycles. The Hall–Kier alpha value is -1.02. The Morgan fingerprint density at radius 2 is 1.93 bits per heavy atom. The van der Waals surface area contributed by atoms with Crippen LogP contribution in [0.15, 0.2) is 35.7 Å². The number of benzene rings is 1. The van der Waals surface area contributed by atoms with Gasteiger partial charge in [-0.2, -0.15) is 0 Å². The number of nitrogens with zero attached hydrogens (tertiary/aromatic N) is 1. The Labute approximate surface area is 190 Å². The van der Waals surface area contributed by atoms with E-state index in [9.17, 15) is 0 Å². The zero-order valence-electron chi connectivity index (χ0n) is 16.9. The van der Waals surface area contributed by atoms with Crippen molar-refractivity contribution in [3.63, 3.8) is 0 Å². The Kier molecular flexibility index (Phi) is 13.4. The molecular formula is C21H30Cl2N2O3S-2. The van der Waals surface area contributed by atoms with Crippen LogP contribution in [0.2, 0.25) is 0 Å². The summed E-state index contributed by atoms with van der Waals surface area (Å²) < 4.78 is 17.3. The molecule has 2 aromatic rings. The molecule has 3 rings (SSSR count). The number of halogens is 2. The quantitative estimate of drug-likeness (QED) is 0.377. The number of hydrogen-bond donors (Lipinski definition) is 1. The molecule has 29 heavy (non-hydrogen) atoms. The lowest BCUT2D eigenvalue weighted by molar-refractivity contribution is -0.00100. The Bertz CT molecular complexity index is 668. The van der Waals surface area contributed by atoms with Crippen LogP contribution in [0.4, 0.5) is 0 Å². The number of nitrogens with one attached hydrogen (secondary N) is 1. The van der Waals surface area contributed by atoms with Crippen LogP contribution in [0.1, 0.15) is 23.8 Å². The van der Waals surface area contributed by atoms with Crippen molar-refractivity contribution in [1.29, 1.82) is 0 Å². The van der Waals surface area contributed by atoms with Gasteiger partial charge in [-0.3, -0.25) is 4.90 Å². The van der Waals surface area contributed by atoms with E-state index in [1.54, 1.807) is 11.3 Å². The predicted octanol–water partition coefficient (Wildman–Crippen LogP) is -2.45. The first-order valence-electron chi connectivity index (χ1n) is 9.77. The molecule has 0 unspecified atom stereocenters. The normalized spacial score (nSPS) is 14.0. The molecule has 2 heterocycles. The fourth-order valence-corrected chi connectivity index (χ4v) is 3.76. The van der Waals surface area contributed by atoms with Crippen LogP contribution in [-0.2, 0) is 17.9 Å². The van der Waals surface area contributed by atoms with Gasteiger partial charge < -0.3 is 44.3 Å². The van der Waals surface area contributed by atoms with E-state index in [0.29, 0.717) is 13.2 Å². The van der Waals surface area contributed by atoms with Crippen LogP contribution < -0.4 is 39.6 Å². The maximum absolute atomic E-state index is 6.14. The third-order valence-electron chi connectivity index (χ3n) is 4.55. The number of thiophene rings is 1. The van der Waals surface area contributed by atoms with Crippen molar-refractivity contribution in [2.45, 2.75) is 26.5 Å². The van der Waals surface area contributed by atoms with E-state index in [1.165, 1.54) is 4.88 Å². The van der Waals surface area contributed by atoms with Gasteiger partial charge in [-0.25, -0.2) is 0 Å². The smallest absolute Gasteiger partial charge is 0.166 e. The SMILES string of the molecule is CCOc1cccc(CNCCCN2CCOCC2)c1OCc1cccs1.[Cl-].[Cl-]. The number of morpholine rings is 1. The van der Waals surface area contributed by atoms with E-state index in [1.807, 2.05) is 19.1 Å². The number of rotatable bonds is 11. The minimum absolute atomic E-state index is 0. The monoisotopic (exact) mass is 460 g/mol. The fourth-order valence-electron chi connectivity index (χ4n) is 3.15. The molecule has 5 nitrogen and oxygen atoms in total. The lowest BCUT2D eigenvalue weighted by atomic mass is 10.1. The fraction of sp³-hybridized carbons (Fsp3) is 0.524. The van der Waals surface area contributed by atoms with E-state index in [0.717, 1.165) is 69.4 Å². The molecule has 0 spiro atoms. The van der Waals surface area contributed by atoms with Crippen LogP contribution >= 0.6 is 11.3 Å². The molecule has 1 aromatic carbocycles. The highest BCUT2D eigenvalue weighted by molar-refractivity contribution is 7.09. The van der Waals surface area contributed by atoms with Gasteiger partial charge in [0.25, 0.3) is 0 Å². The first kappa shape index (κ1) is 26.0. The minimum atomic E-state index is 0. The molecule has 0 bridgehead atoms. The third-order valence-corrected chi connectivity index (χ3v) is 5.40. The minimum Gasteiger partial charge on any atom is -1.00 e. The molecule has 1 aliphatic heterocycles. The lowest BCUT2D eigenvalue weighted by Crippen LogP contribution is -3.00. The molecule has 0 aliphatic carbocycles. The van der Waals surface area contributed by atoms with Crippen molar-refractivity contribution in [3.8, 4) is 11.5 Å². The molecule has 1 saturated heterocycles. The Balaban J connectivity index is 0.00000210. The number of hydrogen-bond acceptors (Lipinski definition) is 6. The van der Waals surface area contributed by atoms with Crippen molar-refractivity contribution in [2.75, 3.05) is 46.0 Å². The van der Waals surface area contributed by atoms with E-state index >= 15 is 0 Å². The second-order valence-electron chi connectivity index (χ2n) is 6.53. The zero-order valence-corrected chi connectivity index (χ0v) is 19.2. The summed E-state index contributed by atoms with van der Waals surface area (Å²) in [5, 5.41) is 5.63. The average Bonchev–Trinajstić information content (AvgIpc) is 3.22. The molecule has 1 aliphatic rings. The summed E-state index contributed by atoms with van der Waals surface area (Å²) >= 11 is 1.71. The maximum Gasteiger partial charge on any atom is 0.166 e. The summed E-state index contributed by atoms with van der Waals surface area (Å²) in [5.41, 5.74) is 1.14. The highest BCUT2D eigenvalue weighted by Crippen LogP contribution is 2.32. The Morgan fingerprint density at radius 1 is 1.10 bits per heavy atom. The topological polar surface area (TPSA) is 43.0 Å². The van der Waals surface area contributed by atoms with Crippen LogP contribution in [-0.4, -0.2) is 50.9 Å². The van der Waals surface area contributed by atoms with Gasteiger partial charge in [0.2, 0.25) is 0 Å². The average molecular weight is 461 g/mol. The second-order valence-corrected chi connectivity index (χ2v) is 7.56. The van der Waals surface area contributed by atoms with Crippen molar-refractivity contribution in [3.05, 3.63) is 46.2 Å². The number of para-hydroxylation sites is 1. The summed E-state index contributed by atoms with van der Waals surface area (Å²) in [4.78, 5) is 3.68. The maximum atomic E-state index is 6.14. The van der Waals surface area contributed by atoms with Crippen molar-refractivity contribution >= 4 is 11.3 Å². The van der Waals surface area contributed by atoms with Crippen LogP contribution in [0.3, 0.4) is 0 Å².